The molecule has 2 aromatic carbocycles. The summed E-state index contributed by atoms with van der Waals surface area (Å²) in [6.45, 7) is 2.23. The van der Waals surface area contributed by atoms with Crippen molar-refractivity contribution in [3.05, 3.63) is 54.1 Å². The van der Waals surface area contributed by atoms with Crippen molar-refractivity contribution in [1.29, 1.82) is 0 Å². The minimum absolute atomic E-state index is 0.701. The van der Waals surface area contributed by atoms with Crippen molar-refractivity contribution in [1.82, 2.24) is 5.32 Å². The highest BCUT2D eigenvalue weighted by Crippen LogP contribution is 2.33. The van der Waals surface area contributed by atoms with Crippen molar-refractivity contribution in [3.63, 3.8) is 0 Å². The highest BCUT2D eigenvalue weighted by molar-refractivity contribution is 5.44. The molecule has 110 valence electrons. The van der Waals surface area contributed by atoms with E-state index in [2.05, 4.69) is 17.4 Å². The van der Waals surface area contributed by atoms with E-state index in [1.165, 1.54) is 12.0 Å². The van der Waals surface area contributed by atoms with Crippen LogP contribution in [0.2, 0.25) is 0 Å². The van der Waals surface area contributed by atoms with Crippen molar-refractivity contribution in [2.75, 3.05) is 20.2 Å². The summed E-state index contributed by atoms with van der Waals surface area (Å²) in [6, 6.07) is 16.0. The van der Waals surface area contributed by atoms with Crippen LogP contribution in [0.5, 0.6) is 17.2 Å². The average molecular weight is 283 g/mol. The van der Waals surface area contributed by atoms with Gasteiger partial charge in [0, 0.05) is 0 Å². The number of hydrogen-bond donors (Lipinski definition) is 1. The van der Waals surface area contributed by atoms with Gasteiger partial charge < -0.3 is 14.8 Å². The van der Waals surface area contributed by atoms with Crippen molar-refractivity contribution in [3.8, 4) is 17.2 Å². The van der Waals surface area contributed by atoms with E-state index in [1.54, 1.807) is 7.11 Å². The predicted octanol–water partition coefficient (Wildman–Crippen LogP) is 3.64. The van der Waals surface area contributed by atoms with Gasteiger partial charge in [-0.1, -0.05) is 30.3 Å². The zero-order valence-electron chi connectivity index (χ0n) is 12.3. The quantitative estimate of drug-likeness (QED) is 0.908. The molecule has 0 aliphatic carbocycles. The second-order valence-corrected chi connectivity index (χ2v) is 5.42. The van der Waals surface area contributed by atoms with Crippen molar-refractivity contribution >= 4 is 0 Å². The summed E-state index contributed by atoms with van der Waals surface area (Å²) in [7, 11) is 1.66. The first kappa shape index (κ1) is 14.0. The van der Waals surface area contributed by atoms with Gasteiger partial charge in [0.2, 0.25) is 0 Å². The molecule has 2 aromatic rings. The van der Waals surface area contributed by atoms with Crippen molar-refractivity contribution in [2.45, 2.75) is 12.8 Å². The molecule has 3 rings (SSSR count). The summed E-state index contributed by atoms with van der Waals surface area (Å²) < 4.78 is 11.5. The van der Waals surface area contributed by atoms with E-state index in [1.807, 2.05) is 36.4 Å². The van der Waals surface area contributed by atoms with Crippen LogP contribution in [-0.2, 0) is 6.42 Å². The Morgan fingerprint density at radius 2 is 1.71 bits per heavy atom. The van der Waals surface area contributed by atoms with Gasteiger partial charge in [-0.15, -0.1) is 0 Å². The Bertz CT molecular complexity index is 591. The molecule has 0 radical (unpaired) electrons. The molecule has 0 saturated carbocycles. The van der Waals surface area contributed by atoms with Crippen LogP contribution in [0.3, 0.4) is 0 Å². The average Bonchev–Trinajstić information content (AvgIpc) is 3.03. The van der Waals surface area contributed by atoms with Gasteiger partial charge >= 0.3 is 0 Å². The molecule has 1 atom stereocenters. The third-order valence-corrected chi connectivity index (χ3v) is 3.93. The Kier molecular flexibility index (Phi) is 4.41. The SMILES string of the molecule is COc1ccccc1Oc1ccccc1CC1CCNC1. The number of methoxy groups -OCH3 is 1. The lowest BCUT2D eigenvalue weighted by Gasteiger charge is -2.15. The number of hydrogen-bond acceptors (Lipinski definition) is 3. The van der Waals surface area contributed by atoms with Crippen molar-refractivity contribution < 1.29 is 9.47 Å². The zero-order chi connectivity index (χ0) is 14.5. The molecule has 1 unspecified atom stereocenters. The standard InChI is InChI=1S/C18H21NO2/c1-20-17-8-4-5-9-18(17)21-16-7-3-2-6-15(16)12-14-10-11-19-13-14/h2-9,14,19H,10-13H2,1H3. The molecule has 1 saturated heterocycles. The molecule has 0 aromatic heterocycles. The van der Waals surface area contributed by atoms with Crippen LogP contribution < -0.4 is 14.8 Å². The summed E-state index contributed by atoms with van der Waals surface area (Å²) in [5, 5.41) is 3.42. The minimum Gasteiger partial charge on any atom is -0.493 e. The maximum atomic E-state index is 6.10. The number of benzene rings is 2. The summed E-state index contributed by atoms with van der Waals surface area (Å²) in [5.74, 6) is 3.15. The topological polar surface area (TPSA) is 30.5 Å². The second-order valence-electron chi connectivity index (χ2n) is 5.42. The molecule has 0 bridgehead atoms. The lowest BCUT2D eigenvalue weighted by Crippen LogP contribution is -2.11. The largest absolute Gasteiger partial charge is 0.493 e. The van der Waals surface area contributed by atoms with Gasteiger partial charge in [0.25, 0.3) is 0 Å². The van der Waals surface area contributed by atoms with E-state index in [9.17, 15) is 0 Å². The first-order valence-corrected chi connectivity index (χ1v) is 7.46. The van der Waals surface area contributed by atoms with E-state index in [0.717, 1.165) is 36.8 Å². The van der Waals surface area contributed by atoms with E-state index >= 15 is 0 Å². The van der Waals surface area contributed by atoms with Gasteiger partial charge in [-0.3, -0.25) is 0 Å². The third-order valence-electron chi connectivity index (χ3n) is 3.93. The molecule has 0 spiro atoms. The van der Waals surface area contributed by atoms with E-state index in [0.29, 0.717) is 5.92 Å². The Labute approximate surface area is 125 Å². The maximum absolute atomic E-state index is 6.10. The molecular weight excluding hydrogens is 262 g/mol. The summed E-state index contributed by atoms with van der Waals surface area (Å²) >= 11 is 0. The predicted molar refractivity (Wildman–Crippen MR) is 84.2 cm³/mol. The van der Waals surface area contributed by atoms with Crippen LogP contribution in [0.25, 0.3) is 0 Å². The molecule has 1 fully saturated rings. The Hall–Kier alpha value is -2.00. The lowest BCUT2D eigenvalue weighted by molar-refractivity contribution is 0.376. The summed E-state index contributed by atoms with van der Waals surface area (Å²) in [5.41, 5.74) is 1.26. The molecule has 3 nitrogen and oxygen atoms in total. The molecule has 21 heavy (non-hydrogen) atoms. The maximum Gasteiger partial charge on any atom is 0.169 e. The molecule has 3 heteroatoms. The van der Waals surface area contributed by atoms with Crippen LogP contribution in [0.15, 0.2) is 48.5 Å². The molecule has 1 heterocycles. The normalized spacial score (nSPS) is 17.7. The van der Waals surface area contributed by atoms with Crippen molar-refractivity contribution in [2.24, 2.45) is 5.92 Å². The Balaban J connectivity index is 1.81. The third kappa shape index (κ3) is 3.37. The van der Waals surface area contributed by atoms with Gasteiger partial charge in [0.15, 0.2) is 11.5 Å². The minimum atomic E-state index is 0.701. The monoisotopic (exact) mass is 283 g/mol. The highest BCUT2D eigenvalue weighted by Gasteiger charge is 2.17. The number of ether oxygens (including phenoxy) is 2. The molecule has 0 amide bonds. The van der Waals surface area contributed by atoms with E-state index < -0.39 is 0 Å². The van der Waals surface area contributed by atoms with Gasteiger partial charge in [-0.2, -0.15) is 0 Å². The van der Waals surface area contributed by atoms with Crippen LogP contribution in [0, 0.1) is 5.92 Å². The van der Waals surface area contributed by atoms with Crippen LogP contribution >= 0.6 is 0 Å². The molecule has 1 aliphatic rings. The zero-order valence-corrected chi connectivity index (χ0v) is 12.3. The van der Waals surface area contributed by atoms with Crippen LogP contribution in [-0.4, -0.2) is 20.2 Å². The Morgan fingerprint density at radius 1 is 1.00 bits per heavy atom. The summed E-state index contributed by atoms with van der Waals surface area (Å²) in [4.78, 5) is 0. The van der Waals surface area contributed by atoms with Crippen LogP contribution in [0.4, 0.5) is 0 Å². The smallest absolute Gasteiger partial charge is 0.169 e. The molecular formula is C18H21NO2. The van der Waals surface area contributed by atoms with E-state index in [-0.39, 0.29) is 0 Å². The first-order chi connectivity index (χ1) is 10.4. The number of para-hydroxylation sites is 3. The van der Waals surface area contributed by atoms with Gasteiger partial charge in [-0.05, 0) is 55.6 Å². The van der Waals surface area contributed by atoms with Crippen LogP contribution in [0.1, 0.15) is 12.0 Å². The fourth-order valence-electron chi connectivity index (χ4n) is 2.79. The number of rotatable bonds is 5. The Morgan fingerprint density at radius 3 is 2.43 bits per heavy atom. The first-order valence-electron chi connectivity index (χ1n) is 7.46. The lowest BCUT2D eigenvalue weighted by atomic mass is 9.98. The highest BCUT2D eigenvalue weighted by atomic mass is 16.5. The van der Waals surface area contributed by atoms with E-state index in [4.69, 9.17) is 9.47 Å². The molecule has 1 aliphatic heterocycles. The molecule has 1 N–H and O–H groups in total. The number of nitrogens with one attached hydrogen (secondary N) is 1. The summed E-state index contributed by atoms with van der Waals surface area (Å²) in [6.07, 6.45) is 2.29. The van der Waals surface area contributed by atoms with Gasteiger partial charge in [-0.25, -0.2) is 0 Å². The fraction of sp³-hybridized carbons (Fsp3) is 0.333. The second kappa shape index (κ2) is 6.64. The van der Waals surface area contributed by atoms with Gasteiger partial charge in [0.1, 0.15) is 5.75 Å². The van der Waals surface area contributed by atoms with Gasteiger partial charge in [0.05, 0.1) is 7.11 Å². The fourth-order valence-corrected chi connectivity index (χ4v) is 2.79.